The number of nitrogens with zero attached hydrogens (tertiary/aromatic N) is 1. The molecule has 0 radical (unpaired) electrons. The van der Waals surface area contributed by atoms with Crippen LogP contribution < -0.4 is 5.32 Å². The average molecular weight is 252 g/mol. The van der Waals surface area contributed by atoms with Crippen molar-refractivity contribution in [2.24, 2.45) is 0 Å². The second-order valence-corrected chi connectivity index (χ2v) is 4.92. The number of hydrogen-bond acceptors (Lipinski definition) is 3. The molecule has 0 bridgehead atoms. The Labute approximate surface area is 108 Å². The monoisotopic (exact) mass is 252 g/mol. The summed E-state index contributed by atoms with van der Waals surface area (Å²) in [6.45, 7) is 3.62. The van der Waals surface area contributed by atoms with Gasteiger partial charge in [0, 0.05) is 25.0 Å². The van der Waals surface area contributed by atoms with Crippen molar-refractivity contribution >= 4 is 17.7 Å². The number of benzene rings is 1. The van der Waals surface area contributed by atoms with Crippen molar-refractivity contribution in [3.05, 3.63) is 29.8 Å². The van der Waals surface area contributed by atoms with Gasteiger partial charge in [0.1, 0.15) is 0 Å². The number of thioether (sulfide) groups is 1. The second kappa shape index (κ2) is 7.35. The molecule has 1 aromatic carbocycles. The van der Waals surface area contributed by atoms with Crippen LogP contribution >= 0.6 is 11.8 Å². The number of rotatable bonds is 6. The Hall–Kier alpha value is -1.00. The van der Waals surface area contributed by atoms with E-state index in [0.717, 1.165) is 18.0 Å². The Kier molecular flexibility index (Phi) is 6.08. The predicted octanol–water partition coefficient (Wildman–Crippen LogP) is 1.98. The fourth-order valence-electron chi connectivity index (χ4n) is 1.34. The molecule has 1 N–H and O–H groups in total. The quantitative estimate of drug-likeness (QED) is 0.786. The fourth-order valence-corrected chi connectivity index (χ4v) is 2.18. The first kappa shape index (κ1) is 14.1. The van der Waals surface area contributed by atoms with Gasteiger partial charge >= 0.3 is 0 Å². The zero-order valence-electron chi connectivity index (χ0n) is 10.7. The molecule has 0 atom stereocenters. The number of amides is 1. The van der Waals surface area contributed by atoms with E-state index in [1.807, 2.05) is 21.0 Å². The SMILES string of the molecule is CCN(C)C(=O)CSc1ccc(CNC)cc1. The lowest BCUT2D eigenvalue weighted by Crippen LogP contribution is -2.27. The zero-order chi connectivity index (χ0) is 12.7. The van der Waals surface area contributed by atoms with Crippen LogP contribution in [0.2, 0.25) is 0 Å². The van der Waals surface area contributed by atoms with Crippen LogP contribution in [0, 0.1) is 0 Å². The number of hydrogen-bond donors (Lipinski definition) is 1. The Morgan fingerprint density at radius 2 is 2.00 bits per heavy atom. The summed E-state index contributed by atoms with van der Waals surface area (Å²) in [6, 6.07) is 8.31. The molecule has 0 spiro atoms. The second-order valence-electron chi connectivity index (χ2n) is 3.87. The molecule has 0 aromatic heterocycles. The Morgan fingerprint density at radius 3 is 2.53 bits per heavy atom. The lowest BCUT2D eigenvalue weighted by atomic mass is 10.2. The number of nitrogens with one attached hydrogen (secondary N) is 1. The highest BCUT2D eigenvalue weighted by atomic mass is 32.2. The molecule has 17 heavy (non-hydrogen) atoms. The normalized spacial score (nSPS) is 10.3. The third-order valence-electron chi connectivity index (χ3n) is 2.57. The van der Waals surface area contributed by atoms with Gasteiger partial charge in [-0.15, -0.1) is 11.8 Å². The first-order chi connectivity index (χ1) is 8.17. The summed E-state index contributed by atoms with van der Waals surface area (Å²) >= 11 is 1.59. The summed E-state index contributed by atoms with van der Waals surface area (Å²) in [4.78, 5) is 14.5. The van der Waals surface area contributed by atoms with Crippen LogP contribution in [0.5, 0.6) is 0 Å². The first-order valence-corrected chi connectivity index (χ1v) is 6.76. The molecule has 0 aliphatic rings. The van der Waals surface area contributed by atoms with E-state index >= 15 is 0 Å². The topological polar surface area (TPSA) is 32.3 Å². The van der Waals surface area contributed by atoms with Gasteiger partial charge in [-0.2, -0.15) is 0 Å². The summed E-state index contributed by atoms with van der Waals surface area (Å²) in [5.74, 6) is 0.687. The molecule has 1 rings (SSSR count). The van der Waals surface area contributed by atoms with Crippen molar-refractivity contribution in [1.29, 1.82) is 0 Å². The minimum absolute atomic E-state index is 0.178. The van der Waals surface area contributed by atoms with Crippen LogP contribution in [0.3, 0.4) is 0 Å². The van der Waals surface area contributed by atoms with Gasteiger partial charge in [0.05, 0.1) is 5.75 Å². The van der Waals surface area contributed by atoms with Crippen LogP contribution in [0.4, 0.5) is 0 Å². The molecule has 0 fully saturated rings. The smallest absolute Gasteiger partial charge is 0.232 e. The first-order valence-electron chi connectivity index (χ1n) is 5.77. The van der Waals surface area contributed by atoms with Crippen molar-refractivity contribution in [3.63, 3.8) is 0 Å². The van der Waals surface area contributed by atoms with Gasteiger partial charge in [-0.25, -0.2) is 0 Å². The van der Waals surface area contributed by atoms with Gasteiger partial charge in [-0.05, 0) is 31.7 Å². The Balaban J connectivity index is 2.44. The average Bonchev–Trinajstić information content (AvgIpc) is 2.37. The fraction of sp³-hybridized carbons (Fsp3) is 0.462. The van der Waals surface area contributed by atoms with E-state index in [4.69, 9.17) is 0 Å². The van der Waals surface area contributed by atoms with Crippen LogP contribution in [0.1, 0.15) is 12.5 Å². The van der Waals surface area contributed by atoms with Crippen molar-refractivity contribution in [2.45, 2.75) is 18.4 Å². The molecule has 0 saturated heterocycles. The molecule has 0 aliphatic carbocycles. The molecule has 4 heteroatoms. The highest BCUT2D eigenvalue weighted by Gasteiger charge is 2.06. The molecule has 3 nitrogen and oxygen atoms in total. The minimum atomic E-state index is 0.178. The lowest BCUT2D eigenvalue weighted by molar-refractivity contribution is -0.126. The van der Waals surface area contributed by atoms with E-state index in [2.05, 4.69) is 29.6 Å². The van der Waals surface area contributed by atoms with Gasteiger partial charge in [0.2, 0.25) is 5.91 Å². The maximum atomic E-state index is 11.6. The van der Waals surface area contributed by atoms with E-state index in [1.54, 1.807) is 16.7 Å². The summed E-state index contributed by atoms with van der Waals surface area (Å²) < 4.78 is 0. The van der Waals surface area contributed by atoms with Crippen LogP contribution in [0.25, 0.3) is 0 Å². The maximum absolute atomic E-state index is 11.6. The van der Waals surface area contributed by atoms with Crippen LogP contribution in [-0.4, -0.2) is 37.2 Å². The summed E-state index contributed by atoms with van der Waals surface area (Å²) in [5.41, 5.74) is 1.26. The molecular weight excluding hydrogens is 232 g/mol. The van der Waals surface area contributed by atoms with E-state index in [0.29, 0.717) is 5.75 Å². The third kappa shape index (κ3) is 4.79. The molecule has 0 saturated carbocycles. The van der Waals surface area contributed by atoms with Gasteiger partial charge in [-0.3, -0.25) is 4.79 Å². The van der Waals surface area contributed by atoms with Crippen molar-refractivity contribution in [1.82, 2.24) is 10.2 Å². The Morgan fingerprint density at radius 1 is 1.35 bits per heavy atom. The predicted molar refractivity (Wildman–Crippen MR) is 73.2 cm³/mol. The van der Waals surface area contributed by atoms with Crippen LogP contribution in [0.15, 0.2) is 29.2 Å². The number of carbonyl (C=O) groups excluding carboxylic acids is 1. The molecular formula is C13H20N2OS. The third-order valence-corrected chi connectivity index (χ3v) is 3.56. The van der Waals surface area contributed by atoms with Crippen molar-refractivity contribution in [3.8, 4) is 0 Å². The largest absolute Gasteiger partial charge is 0.345 e. The van der Waals surface area contributed by atoms with Gasteiger partial charge < -0.3 is 10.2 Å². The van der Waals surface area contributed by atoms with E-state index in [-0.39, 0.29) is 5.91 Å². The van der Waals surface area contributed by atoms with E-state index < -0.39 is 0 Å². The molecule has 94 valence electrons. The summed E-state index contributed by atoms with van der Waals surface area (Å²) in [7, 11) is 3.76. The standard InChI is InChI=1S/C13H20N2OS/c1-4-15(3)13(16)10-17-12-7-5-11(6-8-12)9-14-2/h5-8,14H,4,9-10H2,1-3H3. The molecule has 0 unspecified atom stereocenters. The van der Waals surface area contributed by atoms with Gasteiger partial charge in [0.25, 0.3) is 0 Å². The van der Waals surface area contributed by atoms with E-state index in [1.165, 1.54) is 5.56 Å². The number of carbonyl (C=O) groups is 1. The minimum Gasteiger partial charge on any atom is -0.345 e. The van der Waals surface area contributed by atoms with Crippen molar-refractivity contribution < 1.29 is 4.79 Å². The zero-order valence-corrected chi connectivity index (χ0v) is 11.5. The lowest BCUT2D eigenvalue weighted by Gasteiger charge is -2.13. The molecule has 1 aromatic rings. The summed E-state index contributed by atoms with van der Waals surface area (Å²) in [6.07, 6.45) is 0. The highest BCUT2D eigenvalue weighted by molar-refractivity contribution is 8.00. The summed E-state index contributed by atoms with van der Waals surface area (Å²) in [5, 5.41) is 3.11. The van der Waals surface area contributed by atoms with Gasteiger partial charge in [-0.1, -0.05) is 12.1 Å². The maximum Gasteiger partial charge on any atom is 0.232 e. The molecule has 1 amide bonds. The van der Waals surface area contributed by atoms with Gasteiger partial charge in [0.15, 0.2) is 0 Å². The van der Waals surface area contributed by atoms with Crippen LogP contribution in [-0.2, 0) is 11.3 Å². The highest BCUT2D eigenvalue weighted by Crippen LogP contribution is 2.18. The molecule has 0 heterocycles. The molecule has 0 aliphatic heterocycles. The van der Waals surface area contributed by atoms with E-state index in [9.17, 15) is 4.79 Å². The van der Waals surface area contributed by atoms with Crippen molar-refractivity contribution in [2.75, 3.05) is 26.4 Å². The Bertz CT molecular complexity index is 351.